The van der Waals surface area contributed by atoms with Gasteiger partial charge < -0.3 is 9.47 Å². The molecule has 0 fully saturated rings. The van der Waals surface area contributed by atoms with E-state index in [9.17, 15) is 21.6 Å². The van der Waals surface area contributed by atoms with Crippen LogP contribution in [0.5, 0.6) is 11.5 Å². The highest BCUT2D eigenvalue weighted by Crippen LogP contribution is 2.35. The molecule has 0 heterocycles. The second kappa shape index (κ2) is 8.66. The number of hydrogen-bond donors (Lipinski definition) is 0. The zero-order valence-electron chi connectivity index (χ0n) is 16.1. The van der Waals surface area contributed by atoms with Crippen LogP contribution < -0.4 is 13.8 Å². The molecule has 0 aromatic heterocycles. The average molecular weight is 437 g/mol. The fourth-order valence-corrected chi connectivity index (χ4v) is 4.37. The summed E-state index contributed by atoms with van der Waals surface area (Å²) in [6.45, 7) is -0.502. The van der Waals surface area contributed by atoms with Crippen molar-refractivity contribution in [1.29, 1.82) is 0 Å². The topological polar surface area (TPSA) is 55.8 Å². The summed E-state index contributed by atoms with van der Waals surface area (Å²) in [5.41, 5.74) is -0.00859. The SMILES string of the molecule is COc1ccc(N(Cc2ccc(F)cc2F)S(=O)(=O)c2ccccc2F)cc1OC. The molecule has 5 nitrogen and oxygen atoms in total. The summed E-state index contributed by atoms with van der Waals surface area (Å²) in [4.78, 5) is -0.581. The van der Waals surface area contributed by atoms with E-state index in [1.165, 1.54) is 44.6 Å². The molecule has 0 aliphatic rings. The second-order valence-electron chi connectivity index (χ2n) is 6.22. The van der Waals surface area contributed by atoms with Gasteiger partial charge in [-0.15, -0.1) is 0 Å². The zero-order valence-corrected chi connectivity index (χ0v) is 16.9. The predicted octanol–water partition coefficient (Wildman–Crippen LogP) is 4.52. The molecule has 0 saturated heterocycles. The monoisotopic (exact) mass is 437 g/mol. The Balaban J connectivity index is 2.17. The first-order chi connectivity index (χ1) is 14.3. The molecule has 0 bridgehead atoms. The van der Waals surface area contributed by atoms with Crippen LogP contribution in [0.25, 0.3) is 0 Å². The van der Waals surface area contributed by atoms with Crippen molar-refractivity contribution >= 4 is 15.7 Å². The van der Waals surface area contributed by atoms with Crippen molar-refractivity contribution in [2.45, 2.75) is 11.4 Å². The maximum atomic E-state index is 14.3. The van der Waals surface area contributed by atoms with Gasteiger partial charge in [-0.3, -0.25) is 4.31 Å². The van der Waals surface area contributed by atoms with E-state index >= 15 is 0 Å². The molecule has 0 aliphatic heterocycles. The smallest absolute Gasteiger partial charge is 0.267 e. The molecule has 0 N–H and O–H groups in total. The van der Waals surface area contributed by atoms with Crippen molar-refractivity contribution in [2.24, 2.45) is 0 Å². The van der Waals surface area contributed by atoms with Crippen molar-refractivity contribution in [1.82, 2.24) is 0 Å². The highest BCUT2D eigenvalue weighted by molar-refractivity contribution is 7.92. The lowest BCUT2D eigenvalue weighted by Crippen LogP contribution is -2.31. The van der Waals surface area contributed by atoms with E-state index in [4.69, 9.17) is 9.47 Å². The van der Waals surface area contributed by atoms with Crippen LogP contribution >= 0.6 is 0 Å². The van der Waals surface area contributed by atoms with Crippen LogP contribution in [0.4, 0.5) is 18.9 Å². The Kier molecular flexibility index (Phi) is 6.21. The van der Waals surface area contributed by atoms with Gasteiger partial charge in [0.2, 0.25) is 0 Å². The van der Waals surface area contributed by atoms with Gasteiger partial charge in [-0.2, -0.15) is 0 Å². The predicted molar refractivity (Wildman–Crippen MR) is 106 cm³/mol. The summed E-state index contributed by atoms with van der Waals surface area (Å²) < 4.78 is 79.7. The van der Waals surface area contributed by atoms with Crippen LogP contribution in [-0.4, -0.2) is 22.6 Å². The first-order valence-corrected chi connectivity index (χ1v) is 10.1. The van der Waals surface area contributed by atoms with E-state index in [2.05, 4.69) is 0 Å². The standard InChI is InChI=1S/C21H18F3NO4S/c1-28-19-10-9-16(12-20(19)29-2)25(13-14-7-8-15(22)11-18(14)24)30(26,27)21-6-4-3-5-17(21)23/h3-12H,13H2,1-2H3. The van der Waals surface area contributed by atoms with Crippen LogP contribution in [0, 0.1) is 17.5 Å². The Morgan fingerprint density at radius 1 is 0.833 bits per heavy atom. The van der Waals surface area contributed by atoms with E-state index in [1.54, 1.807) is 0 Å². The Bertz CT molecular complexity index is 1170. The minimum atomic E-state index is -4.45. The number of rotatable bonds is 7. The third-order valence-electron chi connectivity index (χ3n) is 4.39. The number of nitrogens with zero attached hydrogens (tertiary/aromatic N) is 1. The van der Waals surface area contributed by atoms with Gasteiger partial charge in [0.05, 0.1) is 26.5 Å². The van der Waals surface area contributed by atoms with E-state index in [-0.39, 0.29) is 17.0 Å². The number of benzene rings is 3. The fraction of sp³-hybridized carbons (Fsp3) is 0.143. The zero-order chi connectivity index (χ0) is 21.9. The number of methoxy groups -OCH3 is 2. The van der Waals surface area contributed by atoms with Crippen molar-refractivity contribution in [3.8, 4) is 11.5 Å². The minimum Gasteiger partial charge on any atom is -0.493 e. The van der Waals surface area contributed by atoms with Gasteiger partial charge >= 0.3 is 0 Å². The largest absolute Gasteiger partial charge is 0.493 e. The quantitative estimate of drug-likeness (QED) is 0.546. The Morgan fingerprint density at radius 3 is 2.17 bits per heavy atom. The Morgan fingerprint density at radius 2 is 1.53 bits per heavy atom. The molecule has 0 radical (unpaired) electrons. The van der Waals surface area contributed by atoms with Crippen LogP contribution in [0.15, 0.2) is 65.6 Å². The molecule has 0 saturated carbocycles. The van der Waals surface area contributed by atoms with Gasteiger partial charge in [-0.1, -0.05) is 18.2 Å². The minimum absolute atomic E-state index is 0.0830. The second-order valence-corrected chi connectivity index (χ2v) is 8.05. The van der Waals surface area contributed by atoms with Gasteiger partial charge in [-0.25, -0.2) is 21.6 Å². The molecule has 9 heteroatoms. The summed E-state index contributed by atoms with van der Waals surface area (Å²) in [5, 5.41) is 0. The summed E-state index contributed by atoms with van der Waals surface area (Å²) in [6.07, 6.45) is 0. The van der Waals surface area contributed by atoms with E-state index < -0.39 is 38.9 Å². The lowest BCUT2D eigenvalue weighted by atomic mass is 10.2. The van der Waals surface area contributed by atoms with Crippen molar-refractivity contribution < 1.29 is 31.1 Å². The molecule has 3 aromatic rings. The number of ether oxygens (including phenoxy) is 2. The third-order valence-corrected chi connectivity index (χ3v) is 6.20. The first-order valence-electron chi connectivity index (χ1n) is 8.71. The molecule has 0 spiro atoms. The maximum absolute atomic E-state index is 14.3. The summed E-state index contributed by atoms with van der Waals surface area (Å²) >= 11 is 0. The Labute approximate surface area is 172 Å². The molecule has 158 valence electrons. The molecule has 3 aromatic carbocycles. The average Bonchev–Trinajstić information content (AvgIpc) is 2.72. The number of sulfonamides is 1. The third kappa shape index (κ3) is 4.20. The lowest BCUT2D eigenvalue weighted by molar-refractivity contribution is 0.355. The maximum Gasteiger partial charge on any atom is 0.267 e. The molecular weight excluding hydrogens is 419 g/mol. The van der Waals surface area contributed by atoms with Gasteiger partial charge in [0.1, 0.15) is 22.3 Å². The normalized spacial score (nSPS) is 11.2. The molecular formula is C21H18F3NO4S. The number of anilines is 1. The molecule has 3 rings (SSSR count). The Hall–Kier alpha value is -3.20. The van der Waals surface area contributed by atoms with Crippen LogP contribution in [-0.2, 0) is 16.6 Å². The van der Waals surface area contributed by atoms with Crippen LogP contribution in [0.3, 0.4) is 0 Å². The molecule has 0 amide bonds. The van der Waals surface area contributed by atoms with Crippen molar-refractivity contribution in [2.75, 3.05) is 18.5 Å². The molecule has 0 unspecified atom stereocenters. The van der Waals surface area contributed by atoms with Gasteiger partial charge in [0.25, 0.3) is 10.0 Å². The van der Waals surface area contributed by atoms with Gasteiger partial charge in [0.15, 0.2) is 11.5 Å². The highest BCUT2D eigenvalue weighted by atomic mass is 32.2. The number of halogens is 3. The number of hydrogen-bond acceptors (Lipinski definition) is 4. The molecule has 0 atom stereocenters. The summed E-state index contributed by atoms with van der Waals surface area (Å²) in [6, 6.07) is 11.9. The molecule has 0 aliphatic carbocycles. The van der Waals surface area contributed by atoms with Crippen molar-refractivity contribution in [3.63, 3.8) is 0 Å². The summed E-state index contributed by atoms with van der Waals surface area (Å²) in [5.74, 6) is -2.11. The first kappa shape index (κ1) is 21.5. The van der Waals surface area contributed by atoms with Crippen molar-refractivity contribution in [3.05, 3.63) is 83.7 Å². The van der Waals surface area contributed by atoms with Gasteiger partial charge in [0, 0.05) is 17.7 Å². The van der Waals surface area contributed by atoms with Crippen LogP contribution in [0.2, 0.25) is 0 Å². The van der Waals surface area contributed by atoms with E-state index in [0.717, 1.165) is 28.6 Å². The van der Waals surface area contributed by atoms with E-state index in [1.807, 2.05) is 0 Å². The highest BCUT2D eigenvalue weighted by Gasteiger charge is 2.29. The van der Waals surface area contributed by atoms with Gasteiger partial charge in [-0.05, 0) is 30.3 Å². The summed E-state index contributed by atoms with van der Waals surface area (Å²) in [7, 11) is -1.66. The molecule has 30 heavy (non-hydrogen) atoms. The van der Waals surface area contributed by atoms with E-state index in [0.29, 0.717) is 11.8 Å². The van der Waals surface area contributed by atoms with Crippen LogP contribution in [0.1, 0.15) is 5.56 Å². The fourth-order valence-electron chi connectivity index (χ4n) is 2.87. The lowest BCUT2D eigenvalue weighted by Gasteiger charge is -2.26.